The minimum atomic E-state index is -2.92. The van der Waals surface area contributed by atoms with E-state index in [0.717, 1.165) is 5.56 Å². The van der Waals surface area contributed by atoms with Gasteiger partial charge < -0.3 is 15.4 Å². The van der Waals surface area contributed by atoms with E-state index in [1.54, 1.807) is 0 Å². The number of hydrogen-bond donors (Lipinski definition) is 2. The molecule has 0 aliphatic carbocycles. The van der Waals surface area contributed by atoms with Gasteiger partial charge in [0.05, 0.1) is 6.54 Å². The third-order valence-electron chi connectivity index (χ3n) is 3.33. The number of halogens is 2. The Labute approximate surface area is 144 Å². The first-order chi connectivity index (χ1) is 12.0. The zero-order valence-electron chi connectivity index (χ0n) is 13.4. The van der Waals surface area contributed by atoms with Gasteiger partial charge in [0.15, 0.2) is 0 Å². The lowest BCUT2D eigenvalue weighted by molar-refractivity contribution is -0.120. The summed E-state index contributed by atoms with van der Waals surface area (Å²) in [5.41, 5.74) is 1.36. The summed E-state index contributed by atoms with van der Waals surface area (Å²) in [6.07, 6.45) is 0.701. The van der Waals surface area contributed by atoms with Gasteiger partial charge in [0.2, 0.25) is 5.91 Å². The molecule has 2 aromatic carbocycles. The van der Waals surface area contributed by atoms with Gasteiger partial charge in [-0.2, -0.15) is 8.78 Å². The van der Waals surface area contributed by atoms with E-state index in [0.29, 0.717) is 13.0 Å². The fourth-order valence-electron chi connectivity index (χ4n) is 2.10. The lowest BCUT2D eigenvalue weighted by Crippen LogP contribution is -2.37. The second-order valence-corrected chi connectivity index (χ2v) is 5.17. The highest BCUT2D eigenvalue weighted by atomic mass is 19.3. The van der Waals surface area contributed by atoms with Crippen LogP contribution in [-0.4, -0.2) is 31.5 Å². The van der Waals surface area contributed by atoms with Crippen molar-refractivity contribution < 1.29 is 23.1 Å². The average Bonchev–Trinajstić information content (AvgIpc) is 2.61. The van der Waals surface area contributed by atoms with Gasteiger partial charge in [-0.1, -0.05) is 30.3 Å². The van der Waals surface area contributed by atoms with Crippen molar-refractivity contribution in [3.63, 3.8) is 0 Å². The highest BCUT2D eigenvalue weighted by Crippen LogP contribution is 2.14. The molecule has 0 radical (unpaired) electrons. The van der Waals surface area contributed by atoms with Crippen LogP contribution in [0.5, 0.6) is 5.75 Å². The molecule has 0 aliphatic heterocycles. The number of carbonyl (C=O) groups is 2. The Morgan fingerprint density at radius 3 is 2.28 bits per heavy atom. The first kappa shape index (κ1) is 18.4. The van der Waals surface area contributed by atoms with Crippen molar-refractivity contribution in [1.29, 1.82) is 0 Å². The Bertz CT molecular complexity index is 691. The van der Waals surface area contributed by atoms with Gasteiger partial charge in [-0.25, -0.2) is 0 Å². The zero-order chi connectivity index (χ0) is 18.1. The normalized spacial score (nSPS) is 10.4. The standard InChI is InChI=1S/C18H18F2N2O3/c19-18(20)25-15-8-6-14(7-9-15)17(24)22-12-16(23)21-11-10-13-4-2-1-3-5-13/h1-9,18H,10-12H2,(H,21,23)(H,22,24). The van der Waals surface area contributed by atoms with E-state index in [2.05, 4.69) is 15.4 Å². The van der Waals surface area contributed by atoms with Crippen LogP contribution in [0.15, 0.2) is 54.6 Å². The Morgan fingerprint density at radius 1 is 0.960 bits per heavy atom. The predicted molar refractivity (Wildman–Crippen MR) is 88.6 cm³/mol. The second kappa shape index (κ2) is 9.36. The first-order valence-corrected chi connectivity index (χ1v) is 7.68. The zero-order valence-corrected chi connectivity index (χ0v) is 13.4. The van der Waals surface area contributed by atoms with E-state index >= 15 is 0 Å². The monoisotopic (exact) mass is 348 g/mol. The molecule has 2 aromatic rings. The molecular formula is C18H18F2N2O3. The topological polar surface area (TPSA) is 67.4 Å². The van der Waals surface area contributed by atoms with Crippen LogP contribution in [0.1, 0.15) is 15.9 Å². The lowest BCUT2D eigenvalue weighted by Gasteiger charge is -2.08. The number of ether oxygens (including phenoxy) is 1. The fourth-order valence-corrected chi connectivity index (χ4v) is 2.10. The van der Waals surface area contributed by atoms with Gasteiger partial charge in [-0.05, 0) is 36.2 Å². The van der Waals surface area contributed by atoms with Crippen molar-refractivity contribution >= 4 is 11.8 Å². The molecule has 2 rings (SSSR count). The SMILES string of the molecule is O=C(CNC(=O)c1ccc(OC(F)F)cc1)NCCc1ccccc1. The van der Waals surface area contributed by atoms with Gasteiger partial charge in [-0.15, -0.1) is 0 Å². The van der Waals surface area contributed by atoms with E-state index in [4.69, 9.17) is 0 Å². The van der Waals surface area contributed by atoms with E-state index in [9.17, 15) is 18.4 Å². The summed E-state index contributed by atoms with van der Waals surface area (Å²) >= 11 is 0. The van der Waals surface area contributed by atoms with Crippen LogP contribution in [0.3, 0.4) is 0 Å². The molecule has 132 valence electrons. The molecule has 0 saturated carbocycles. The third-order valence-corrected chi connectivity index (χ3v) is 3.33. The summed E-state index contributed by atoms with van der Waals surface area (Å²) < 4.78 is 28.3. The van der Waals surface area contributed by atoms with Gasteiger partial charge in [0.1, 0.15) is 5.75 Å². The van der Waals surface area contributed by atoms with Gasteiger partial charge in [0, 0.05) is 12.1 Å². The Morgan fingerprint density at radius 2 is 1.64 bits per heavy atom. The van der Waals surface area contributed by atoms with Gasteiger partial charge in [0.25, 0.3) is 5.91 Å². The second-order valence-electron chi connectivity index (χ2n) is 5.17. The molecule has 7 heteroatoms. The van der Waals surface area contributed by atoms with E-state index in [1.165, 1.54) is 24.3 Å². The van der Waals surface area contributed by atoms with Crippen molar-refractivity contribution in [3.8, 4) is 5.75 Å². The molecule has 5 nitrogen and oxygen atoms in total. The highest BCUT2D eigenvalue weighted by molar-refractivity contribution is 5.96. The Kier molecular flexibility index (Phi) is 6.88. The minimum absolute atomic E-state index is 0.0368. The summed E-state index contributed by atoms with van der Waals surface area (Å²) in [6.45, 7) is -2.61. The van der Waals surface area contributed by atoms with Crippen LogP contribution >= 0.6 is 0 Å². The molecule has 0 heterocycles. The van der Waals surface area contributed by atoms with Crippen LogP contribution in [0.4, 0.5) is 8.78 Å². The van der Waals surface area contributed by atoms with Crippen molar-refractivity contribution in [1.82, 2.24) is 10.6 Å². The van der Waals surface area contributed by atoms with Crippen LogP contribution in [0, 0.1) is 0 Å². The quantitative estimate of drug-likeness (QED) is 0.770. The molecule has 0 unspecified atom stereocenters. The van der Waals surface area contributed by atoms with Crippen molar-refractivity contribution in [2.24, 2.45) is 0 Å². The molecule has 0 aromatic heterocycles. The van der Waals surface area contributed by atoms with Gasteiger partial charge >= 0.3 is 6.61 Å². The fraction of sp³-hybridized carbons (Fsp3) is 0.222. The van der Waals surface area contributed by atoms with Gasteiger partial charge in [-0.3, -0.25) is 9.59 Å². The van der Waals surface area contributed by atoms with Crippen LogP contribution in [0.25, 0.3) is 0 Å². The number of hydrogen-bond acceptors (Lipinski definition) is 3. The molecule has 2 amide bonds. The van der Waals surface area contributed by atoms with Crippen molar-refractivity contribution in [2.75, 3.05) is 13.1 Å². The summed E-state index contributed by atoms with van der Waals surface area (Å²) in [5, 5.41) is 5.18. The molecule has 0 spiro atoms. The molecule has 0 bridgehead atoms. The van der Waals surface area contributed by atoms with Crippen LogP contribution in [-0.2, 0) is 11.2 Å². The van der Waals surface area contributed by atoms with Crippen molar-refractivity contribution in [2.45, 2.75) is 13.0 Å². The number of benzene rings is 2. The molecule has 0 atom stereocenters. The molecule has 0 aliphatic rings. The summed E-state index contributed by atoms with van der Waals surface area (Å²) in [5.74, 6) is -0.811. The number of amides is 2. The maximum Gasteiger partial charge on any atom is 0.387 e. The van der Waals surface area contributed by atoms with E-state index < -0.39 is 12.5 Å². The van der Waals surface area contributed by atoms with Crippen LogP contribution < -0.4 is 15.4 Å². The summed E-state index contributed by atoms with van der Waals surface area (Å²) in [7, 11) is 0. The lowest BCUT2D eigenvalue weighted by atomic mass is 10.1. The molecule has 0 fully saturated rings. The molecule has 2 N–H and O–H groups in total. The largest absolute Gasteiger partial charge is 0.435 e. The maximum absolute atomic E-state index is 12.1. The highest BCUT2D eigenvalue weighted by Gasteiger charge is 2.09. The number of rotatable bonds is 8. The summed E-state index contributed by atoms with van der Waals surface area (Å²) in [4.78, 5) is 23.6. The van der Waals surface area contributed by atoms with Crippen LogP contribution in [0.2, 0.25) is 0 Å². The summed E-state index contributed by atoms with van der Waals surface area (Å²) in [6, 6.07) is 14.9. The molecule has 0 saturated heterocycles. The Balaban J connectivity index is 1.70. The van der Waals surface area contributed by atoms with E-state index in [1.807, 2.05) is 30.3 Å². The van der Waals surface area contributed by atoms with Crippen molar-refractivity contribution in [3.05, 3.63) is 65.7 Å². The average molecular weight is 348 g/mol. The van der Waals surface area contributed by atoms with E-state index in [-0.39, 0.29) is 23.8 Å². The predicted octanol–water partition coefficient (Wildman–Crippen LogP) is 2.38. The number of carbonyl (C=O) groups excluding carboxylic acids is 2. The third kappa shape index (κ3) is 6.58. The number of nitrogens with one attached hydrogen (secondary N) is 2. The maximum atomic E-state index is 12.1. The number of alkyl halides is 2. The minimum Gasteiger partial charge on any atom is -0.435 e. The first-order valence-electron chi connectivity index (χ1n) is 7.68. The molecular weight excluding hydrogens is 330 g/mol. The molecule has 25 heavy (non-hydrogen) atoms. The Hall–Kier alpha value is -2.96. The smallest absolute Gasteiger partial charge is 0.387 e.